The smallest absolute Gasteiger partial charge is 0.0467 e. The van der Waals surface area contributed by atoms with Gasteiger partial charge in [0.2, 0.25) is 0 Å². The van der Waals surface area contributed by atoms with Gasteiger partial charge in [0.1, 0.15) is 0 Å². The maximum Gasteiger partial charge on any atom is 0.0467 e. The van der Waals surface area contributed by atoms with Crippen LogP contribution in [-0.4, -0.2) is 11.7 Å². The van der Waals surface area contributed by atoms with Gasteiger partial charge in [-0.2, -0.15) is 0 Å². The quantitative estimate of drug-likeness (QED) is 0.720. The zero-order valence-corrected chi connectivity index (χ0v) is 11.0. The predicted molar refractivity (Wildman–Crippen MR) is 66.0 cm³/mol. The van der Waals surface area contributed by atoms with Crippen LogP contribution in [0.1, 0.15) is 52.9 Å². The summed E-state index contributed by atoms with van der Waals surface area (Å²) < 4.78 is 0. The first-order chi connectivity index (χ1) is 7.50. The van der Waals surface area contributed by atoms with Crippen molar-refractivity contribution in [1.82, 2.24) is 0 Å². The molecule has 0 aromatic carbocycles. The van der Waals surface area contributed by atoms with Crippen molar-refractivity contribution >= 4 is 0 Å². The highest BCUT2D eigenvalue weighted by molar-refractivity contribution is 5.12. The first-order valence-corrected chi connectivity index (χ1v) is 7.11. The van der Waals surface area contributed by atoms with Gasteiger partial charge in [-0.1, -0.05) is 27.2 Å². The standard InChI is InChI=1S/C15H26O/c1-14(2)7-4-8-15(3)11-6-5-10(13(11)14)12(15)9-16/h10-13,16H,4-9H2,1-3H3/t10-,11-,12?,13+,15+/m1/s1. The van der Waals surface area contributed by atoms with Gasteiger partial charge >= 0.3 is 0 Å². The third-order valence-corrected chi connectivity index (χ3v) is 6.55. The molecule has 0 radical (unpaired) electrons. The molecule has 0 saturated heterocycles. The SMILES string of the molecule is CC1(C)CCC[C@]2(C)C(CO)[C@H]3CC[C@@H]2[C@H]31. The minimum Gasteiger partial charge on any atom is -0.396 e. The first-order valence-electron chi connectivity index (χ1n) is 7.11. The van der Waals surface area contributed by atoms with Crippen LogP contribution in [0.5, 0.6) is 0 Å². The van der Waals surface area contributed by atoms with E-state index in [1.165, 1.54) is 32.1 Å². The van der Waals surface area contributed by atoms with Crippen molar-refractivity contribution in [2.45, 2.75) is 52.9 Å². The van der Waals surface area contributed by atoms with Gasteiger partial charge < -0.3 is 5.11 Å². The summed E-state index contributed by atoms with van der Waals surface area (Å²) in [4.78, 5) is 0. The number of hydrogen-bond donors (Lipinski definition) is 1. The first kappa shape index (κ1) is 11.1. The van der Waals surface area contributed by atoms with E-state index in [9.17, 15) is 5.11 Å². The second-order valence-corrected chi connectivity index (χ2v) is 7.51. The average molecular weight is 222 g/mol. The molecule has 3 aliphatic rings. The highest BCUT2D eigenvalue weighted by atomic mass is 16.3. The van der Waals surface area contributed by atoms with Gasteiger partial charge in [0.25, 0.3) is 0 Å². The maximum absolute atomic E-state index is 9.76. The Hall–Kier alpha value is -0.0400. The van der Waals surface area contributed by atoms with Crippen molar-refractivity contribution in [1.29, 1.82) is 0 Å². The van der Waals surface area contributed by atoms with E-state index in [0.717, 1.165) is 17.8 Å². The summed E-state index contributed by atoms with van der Waals surface area (Å²) in [5, 5.41) is 9.76. The molecular formula is C15H26O. The summed E-state index contributed by atoms with van der Waals surface area (Å²) in [7, 11) is 0. The highest BCUT2D eigenvalue weighted by Gasteiger charge is 2.64. The Morgan fingerprint density at radius 2 is 1.88 bits per heavy atom. The number of hydrogen-bond acceptors (Lipinski definition) is 1. The largest absolute Gasteiger partial charge is 0.396 e. The summed E-state index contributed by atoms with van der Waals surface area (Å²) in [5.41, 5.74) is 0.990. The molecule has 3 saturated carbocycles. The normalized spacial score (nSPS) is 54.0. The van der Waals surface area contributed by atoms with E-state index in [4.69, 9.17) is 0 Å². The Morgan fingerprint density at radius 3 is 2.56 bits per heavy atom. The Morgan fingerprint density at radius 1 is 1.12 bits per heavy atom. The third kappa shape index (κ3) is 1.16. The molecule has 3 rings (SSSR count). The van der Waals surface area contributed by atoms with Crippen LogP contribution in [0.4, 0.5) is 0 Å². The Balaban J connectivity index is 2.04. The molecule has 0 amide bonds. The number of rotatable bonds is 1. The lowest BCUT2D eigenvalue weighted by atomic mass is 9.65. The topological polar surface area (TPSA) is 20.2 Å². The Kier molecular flexibility index (Phi) is 2.25. The lowest BCUT2D eigenvalue weighted by molar-refractivity contribution is 0.0374. The van der Waals surface area contributed by atoms with Gasteiger partial charge in [0.05, 0.1) is 0 Å². The van der Waals surface area contributed by atoms with Crippen molar-refractivity contribution in [3.05, 3.63) is 0 Å². The Labute approximate surface area is 99.6 Å². The van der Waals surface area contributed by atoms with Crippen LogP contribution in [0, 0.1) is 34.5 Å². The van der Waals surface area contributed by atoms with E-state index < -0.39 is 0 Å². The van der Waals surface area contributed by atoms with Gasteiger partial charge in [-0.15, -0.1) is 0 Å². The zero-order valence-electron chi connectivity index (χ0n) is 11.0. The van der Waals surface area contributed by atoms with E-state index in [2.05, 4.69) is 20.8 Å². The number of aliphatic hydroxyl groups excluding tert-OH is 1. The summed E-state index contributed by atoms with van der Waals surface area (Å²) in [6, 6.07) is 0. The minimum atomic E-state index is 0.435. The van der Waals surface area contributed by atoms with Crippen LogP contribution >= 0.6 is 0 Å². The molecule has 4 bridgehead atoms. The molecule has 5 atom stereocenters. The van der Waals surface area contributed by atoms with Crippen LogP contribution < -0.4 is 0 Å². The monoisotopic (exact) mass is 222 g/mol. The molecule has 0 spiro atoms. The molecule has 0 aromatic rings. The molecule has 3 aliphatic carbocycles. The fraction of sp³-hybridized carbons (Fsp3) is 1.00. The van der Waals surface area contributed by atoms with Crippen molar-refractivity contribution in [2.75, 3.05) is 6.61 Å². The van der Waals surface area contributed by atoms with Crippen LogP contribution in [0.3, 0.4) is 0 Å². The number of aliphatic hydroxyl groups is 1. The summed E-state index contributed by atoms with van der Waals surface area (Å²) in [6.45, 7) is 7.87. The molecule has 92 valence electrons. The minimum absolute atomic E-state index is 0.435. The van der Waals surface area contributed by atoms with Gasteiger partial charge in [-0.25, -0.2) is 0 Å². The molecule has 1 heteroatoms. The van der Waals surface area contributed by atoms with Crippen molar-refractivity contribution in [3.63, 3.8) is 0 Å². The van der Waals surface area contributed by atoms with E-state index in [1.54, 1.807) is 0 Å². The Bertz CT molecular complexity index is 296. The molecule has 1 unspecified atom stereocenters. The van der Waals surface area contributed by atoms with Crippen molar-refractivity contribution in [2.24, 2.45) is 34.5 Å². The van der Waals surface area contributed by atoms with E-state index >= 15 is 0 Å². The van der Waals surface area contributed by atoms with E-state index in [-0.39, 0.29) is 0 Å². The fourth-order valence-electron chi connectivity index (χ4n) is 5.92. The molecule has 0 heterocycles. The van der Waals surface area contributed by atoms with Crippen LogP contribution in [0.15, 0.2) is 0 Å². The second kappa shape index (κ2) is 3.25. The molecule has 1 nitrogen and oxygen atoms in total. The third-order valence-electron chi connectivity index (χ3n) is 6.55. The molecule has 0 aliphatic heterocycles. The van der Waals surface area contributed by atoms with Gasteiger partial charge in [-0.3, -0.25) is 0 Å². The van der Waals surface area contributed by atoms with E-state index in [0.29, 0.717) is 23.4 Å². The predicted octanol–water partition coefficient (Wildman–Crippen LogP) is 3.47. The van der Waals surface area contributed by atoms with Crippen molar-refractivity contribution < 1.29 is 5.11 Å². The lowest BCUT2D eigenvalue weighted by Crippen LogP contribution is -2.35. The summed E-state index contributed by atoms with van der Waals surface area (Å²) in [6.07, 6.45) is 6.96. The fourth-order valence-corrected chi connectivity index (χ4v) is 5.92. The molecular weight excluding hydrogens is 196 g/mol. The van der Waals surface area contributed by atoms with Gasteiger partial charge in [-0.05, 0) is 60.2 Å². The van der Waals surface area contributed by atoms with Crippen LogP contribution in [-0.2, 0) is 0 Å². The second-order valence-electron chi connectivity index (χ2n) is 7.51. The molecule has 0 aromatic heterocycles. The van der Waals surface area contributed by atoms with Crippen LogP contribution in [0.25, 0.3) is 0 Å². The van der Waals surface area contributed by atoms with Gasteiger partial charge in [0.15, 0.2) is 0 Å². The zero-order chi connectivity index (χ0) is 11.6. The van der Waals surface area contributed by atoms with Crippen molar-refractivity contribution in [3.8, 4) is 0 Å². The van der Waals surface area contributed by atoms with Gasteiger partial charge in [0, 0.05) is 6.61 Å². The highest BCUT2D eigenvalue weighted by Crippen LogP contribution is 2.70. The maximum atomic E-state index is 9.76. The molecule has 3 fully saturated rings. The average Bonchev–Trinajstić information content (AvgIpc) is 2.68. The lowest BCUT2D eigenvalue weighted by Gasteiger charge is -2.40. The summed E-state index contributed by atoms with van der Waals surface area (Å²) >= 11 is 0. The molecule has 1 N–H and O–H groups in total. The molecule has 16 heavy (non-hydrogen) atoms. The van der Waals surface area contributed by atoms with E-state index in [1.807, 2.05) is 0 Å². The summed E-state index contributed by atoms with van der Waals surface area (Å²) in [5.74, 6) is 3.25. The van der Waals surface area contributed by atoms with Crippen LogP contribution in [0.2, 0.25) is 0 Å².